The molecule has 0 saturated heterocycles. The van der Waals surface area contributed by atoms with Crippen LogP contribution >= 0.6 is 0 Å². The molecule has 1 unspecified atom stereocenters. The Labute approximate surface area is 138 Å². The molecule has 1 atom stereocenters. The minimum absolute atomic E-state index is 0.223. The number of nitrogens with one attached hydrogen (secondary N) is 2. The number of rotatable bonds is 7. The van der Waals surface area contributed by atoms with Gasteiger partial charge < -0.3 is 10.1 Å². The van der Waals surface area contributed by atoms with Crippen molar-refractivity contribution in [1.29, 1.82) is 0 Å². The predicted molar refractivity (Wildman–Crippen MR) is 93.5 cm³/mol. The highest BCUT2D eigenvalue weighted by atomic mass is 19.1. The Kier molecular flexibility index (Phi) is 7.33. The van der Waals surface area contributed by atoms with Gasteiger partial charge in [0.05, 0.1) is 5.69 Å². The normalized spacial score (nSPS) is 12.6. The molecule has 4 nitrogen and oxygen atoms in total. The molecule has 23 heavy (non-hydrogen) atoms. The summed E-state index contributed by atoms with van der Waals surface area (Å²) in [5, 5.41) is 5.86. The van der Waals surface area contributed by atoms with E-state index in [1.807, 2.05) is 0 Å². The van der Waals surface area contributed by atoms with E-state index in [9.17, 15) is 9.18 Å². The molecule has 0 heterocycles. The van der Waals surface area contributed by atoms with Crippen molar-refractivity contribution in [2.75, 3.05) is 10.6 Å². The van der Waals surface area contributed by atoms with Crippen molar-refractivity contribution in [3.63, 3.8) is 0 Å². The third-order valence-corrected chi connectivity index (χ3v) is 3.37. The van der Waals surface area contributed by atoms with E-state index in [1.165, 1.54) is 12.1 Å². The average Bonchev–Trinajstić information content (AvgIpc) is 2.44. The summed E-state index contributed by atoms with van der Waals surface area (Å²) in [6.45, 7) is 9.60. The van der Waals surface area contributed by atoms with Crippen molar-refractivity contribution < 1.29 is 13.9 Å². The smallest absolute Gasteiger partial charge is 0.412 e. The van der Waals surface area contributed by atoms with Crippen LogP contribution < -0.4 is 10.6 Å². The number of carbonyl (C=O) groups excluding carboxylic acids is 1. The first-order valence-corrected chi connectivity index (χ1v) is 8.31. The highest BCUT2D eigenvalue weighted by Crippen LogP contribution is 2.23. The summed E-state index contributed by atoms with van der Waals surface area (Å²) >= 11 is 0. The van der Waals surface area contributed by atoms with Gasteiger partial charge in [0.25, 0.3) is 0 Å². The molecule has 1 aromatic rings. The van der Waals surface area contributed by atoms with Gasteiger partial charge in [-0.05, 0) is 51.8 Å². The maximum Gasteiger partial charge on any atom is 0.412 e. The van der Waals surface area contributed by atoms with Crippen molar-refractivity contribution in [3.8, 4) is 0 Å². The Bertz CT molecular complexity index is 512. The molecule has 0 aliphatic heterocycles. The summed E-state index contributed by atoms with van der Waals surface area (Å²) in [7, 11) is 0. The lowest BCUT2D eigenvalue weighted by Crippen LogP contribution is -2.27. The molecule has 0 spiro atoms. The maximum absolute atomic E-state index is 14.0. The van der Waals surface area contributed by atoms with Gasteiger partial charge in [0.2, 0.25) is 0 Å². The van der Waals surface area contributed by atoms with E-state index in [-0.39, 0.29) is 11.9 Å². The Hall–Kier alpha value is -1.78. The maximum atomic E-state index is 14.0. The number of ether oxygens (including phenoxy) is 1. The molecule has 1 amide bonds. The van der Waals surface area contributed by atoms with Gasteiger partial charge in [-0.3, -0.25) is 5.32 Å². The van der Waals surface area contributed by atoms with Gasteiger partial charge in [-0.25, -0.2) is 9.18 Å². The second-order valence-electron chi connectivity index (χ2n) is 6.71. The molecule has 0 fully saturated rings. The number of amides is 1. The van der Waals surface area contributed by atoms with Crippen LogP contribution in [0.4, 0.5) is 20.6 Å². The lowest BCUT2D eigenvalue weighted by molar-refractivity contribution is 0.0636. The number of anilines is 2. The van der Waals surface area contributed by atoms with E-state index >= 15 is 0 Å². The number of benzene rings is 1. The molecule has 0 saturated carbocycles. The van der Waals surface area contributed by atoms with Gasteiger partial charge in [-0.15, -0.1) is 0 Å². The lowest BCUT2D eigenvalue weighted by Gasteiger charge is -2.21. The van der Waals surface area contributed by atoms with Crippen LogP contribution in [0.5, 0.6) is 0 Å². The van der Waals surface area contributed by atoms with Crippen LogP contribution in [0.3, 0.4) is 0 Å². The van der Waals surface area contributed by atoms with Crippen LogP contribution in [-0.4, -0.2) is 17.7 Å². The predicted octanol–water partition coefficient (Wildman–Crippen LogP) is 5.55. The van der Waals surface area contributed by atoms with Crippen LogP contribution in [0.15, 0.2) is 18.2 Å². The lowest BCUT2D eigenvalue weighted by atomic mass is 10.1. The molecular formula is C18H29FN2O2. The quantitative estimate of drug-likeness (QED) is 0.691. The van der Waals surface area contributed by atoms with Crippen LogP contribution in [0.1, 0.15) is 60.3 Å². The summed E-state index contributed by atoms with van der Waals surface area (Å²) in [5.41, 5.74) is 0.341. The number of unbranched alkanes of at least 4 members (excludes halogenated alkanes) is 1. The number of carbonyl (C=O) groups is 1. The number of hydrogen-bond acceptors (Lipinski definition) is 3. The third kappa shape index (κ3) is 7.35. The van der Waals surface area contributed by atoms with Gasteiger partial charge in [0.1, 0.15) is 11.4 Å². The Morgan fingerprint density at radius 3 is 2.57 bits per heavy atom. The number of halogens is 1. The average molecular weight is 324 g/mol. The Balaban J connectivity index is 2.76. The van der Waals surface area contributed by atoms with Crippen LogP contribution in [-0.2, 0) is 4.74 Å². The van der Waals surface area contributed by atoms with E-state index < -0.39 is 11.7 Å². The van der Waals surface area contributed by atoms with Crippen molar-refractivity contribution >= 4 is 17.5 Å². The van der Waals surface area contributed by atoms with E-state index in [1.54, 1.807) is 26.8 Å². The Morgan fingerprint density at radius 2 is 2.00 bits per heavy atom. The summed E-state index contributed by atoms with van der Waals surface area (Å²) in [5.74, 6) is -0.324. The molecule has 0 aromatic heterocycles. The van der Waals surface area contributed by atoms with Crippen LogP contribution in [0, 0.1) is 5.82 Å². The van der Waals surface area contributed by atoms with E-state index in [0.717, 1.165) is 25.7 Å². The van der Waals surface area contributed by atoms with E-state index in [4.69, 9.17) is 4.74 Å². The highest BCUT2D eigenvalue weighted by molar-refractivity contribution is 5.85. The van der Waals surface area contributed by atoms with E-state index in [2.05, 4.69) is 24.5 Å². The topological polar surface area (TPSA) is 50.4 Å². The zero-order valence-electron chi connectivity index (χ0n) is 14.8. The van der Waals surface area contributed by atoms with Crippen molar-refractivity contribution in [2.45, 2.75) is 71.9 Å². The Morgan fingerprint density at radius 1 is 1.30 bits per heavy atom. The fraction of sp³-hybridized carbons (Fsp3) is 0.611. The SMILES string of the molecule is CCCCC(CC)Nc1cc(NC(=O)OC(C)(C)C)ccc1F. The molecule has 0 bridgehead atoms. The summed E-state index contributed by atoms with van der Waals surface area (Å²) in [4.78, 5) is 11.8. The molecular weight excluding hydrogens is 295 g/mol. The largest absolute Gasteiger partial charge is 0.444 e. The molecule has 0 radical (unpaired) electrons. The highest BCUT2D eigenvalue weighted by Gasteiger charge is 2.17. The molecule has 1 rings (SSSR count). The molecule has 1 aromatic carbocycles. The second kappa shape index (κ2) is 8.75. The summed E-state index contributed by atoms with van der Waals surface area (Å²) in [6.07, 6.45) is 3.58. The third-order valence-electron chi connectivity index (χ3n) is 3.37. The zero-order chi connectivity index (χ0) is 17.5. The fourth-order valence-electron chi connectivity index (χ4n) is 2.18. The first-order chi connectivity index (χ1) is 10.7. The first-order valence-electron chi connectivity index (χ1n) is 8.31. The molecule has 5 heteroatoms. The molecule has 130 valence electrons. The number of hydrogen-bond donors (Lipinski definition) is 2. The van der Waals surface area contributed by atoms with Gasteiger partial charge in [-0.1, -0.05) is 26.7 Å². The van der Waals surface area contributed by atoms with Crippen molar-refractivity contribution in [3.05, 3.63) is 24.0 Å². The molecule has 0 aliphatic rings. The van der Waals surface area contributed by atoms with Crippen molar-refractivity contribution in [1.82, 2.24) is 0 Å². The zero-order valence-corrected chi connectivity index (χ0v) is 14.8. The van der Waals surface area contributed by atoms with Gasteiger partial charge in [0.15, 0.2) is 0 Å². The van der Waals surface area contributed by atoms with Gasteiger partial charge in [-0.2, -0.15) is 0 Å². The fourth-order valence-corrected chi connectivity index (χ4v) is 2.18. The summed E-state index contributed by atoms with van der Waals surface area (Å²) < 4.78 is 19.2. The van der Waals surface area contributed by atoms with Crippen LogP contribution in [0.2, 0.25) is 0 Å². The first kappa shape index (κ1) is 19.3. The molecule has 2 N–H and O–H groups in total. The van der Waals surface area contributed by atoms with E-state index in [0.29, 0.717) is 11.4 Å². The van der Waals surface area contributed by atoms with Gasteiger partial charge >= 0.3 is 6.09 Å². The standard InChI is InChI=1S/C18H29FN2O2/c1-6-8-9-13(7-2)20-16-12-14(10-11-15(16)19)21-17(22)23-18(3,4)5/h10-13,20H,6-9H2,1-5H3,(H,21,22). The van der Waals surface area contributed by atoms with Crippen molar-refractivity contribution in [2.24, 2.45) is 0 Å². The monoisotopic (exact) mass is 324 g/mol. The molecule has 0 aliphatic carbocycles. The van der Waals surface area contributed by atoms with Gasteiger partial charge in [0, 0.05) is 11.7 Å². The summed E-state index contributed by atoms with van der Waals surface area (Å²) in [6, 6.07) is 4.70. The second-order valence-corrected chi connectivity index (χ2v) is 6.71. The van der Waals surface area contributed by atoms with Crippen LogP contribution in [0.25, 0.3) is 0 Å². The minimum atomic E-state index is -0.571. The minimum Gasteiger partial charge on any atom is -0.444 e.